The van der Waals surface area contributed by atoms with Gasteiger partial charge in [-0.25, -0.2) is 0 Å². The third-order valence-electron chi connectivity index (χ3n) is 3.89. The van der Waals surface area contributed by atoms with Crippen LogP contribution in [0.4, 0.5) is 0 Å². The zero-order valence-electron chi connectivity index (χ0n) is 12.8. The lowest BCUT2D eigenvalue weighted by Gasteiger charge is -2.28. The predicted octanol–water partition coefficient (Wildman–Crippen LogP) is 2.17. The minimum Gasteiger partial charge on any atom is -0.386 e. The van der Waals surface area contributed by atoms with Crippen molar-refractivity contribution in [3.05, 3.63) is 48.6 Å². The van der Waals surface area contributed by atoms with E-state index < -0.39 is 30.4 Å². The van der Waals surface area contributed by atoms with Gasteiger partial charge in [-0.05, 0) is 19.4 Å². The average Bonchev–Trinajstić information content (AvgIpc) is 2.97. The summed E-state index contributed by atoms with van der Waals surface area (Å²) >= 11 is 0. The van der Waals surface area contributed by atoms with Crippen LogP contribution in [0.15, 0.2) is 43.0 Å². The Morgan fingerprint density at radius 1 is 1.32 bits per heavy atom. The Morgan fingerprint density at radius 2 is 2.05 bits per heavy atom. The first kappa shape index (κ1) is 15.6. The molecule has 0 aromatic heterocycles. The number of hydrogen-bond donors (Lipinski definition) is 1. The fraction of sp³-hybridized carbons (Fsp3) is 0.529. The quantitative estimate of drug-likeness (QED) is 0.845. The highest BCUT2D eigenvalue weighted by atomic mass is 16.8. The van der Waals surface area contributed by atoms with E-state index in [1.165, 1.54) is 0 Å². The molecule has 1 N–H and O–H groups in total. The fourth-order valence-corrected chi connectivity index (χ4v) is 2.97. The minimum atomic E-state index is -0.808. The monoisotopic (exact) mass is 306 g/mol. The highest BCUT2D eigenvalue weighted by molar-refractivity contribution is 5.20. The zero-order chi connectivity index (χ0) is 15.7. The molecule has 0 spiro atoms. The predicted molar refractivity (Wildman–Crippen MR) is 80.0 cm³/mol. The molecule has 1 aromatic carbocycles. The lowest BCUT2D eigenvalue weighted by atomic mass is 9.99. The van der Waals surface area contributed by atoms with Crippen LogP contribution in [0.25, 0.3) is 0 Å². The van der Waals surface area contributed by atoms with Crippen molar-refractivity contribution in [2.24, 2.45) is 0 Å². The second kappa shape index (κ2) is 6.10. The van der Waals surface area contributed by atoms with Crippen LogP contribution in [0.5, 0.6) is 0 Å². The molecule has 5 atom stereocenters. The van der Waals surface area contributed by atoms with Crippen molar-refractivity contribution in [2.75, 3.05) is 6.61 Å². The highest BCUT2D eigenvalue weighted by Crippen LogP contribution is 2.42. The van der Waals surface area contributed by atoms with Crippen molar-refractivity contribution in [3.8, 4) is 0 Å². The van der Waals surface area contributed by atoms with E-state index in [1.54, 1.807) is 6.08 Å². The SMILES string of the molecule is C=CCO[C@H]1[C@H]([C@H](O)c2ccccc2)O[C@@H]2OC(C)(C)O[C@@H]21. The van der Waals surface area contributed by atoms with Crippen LogP contribution in [0.2, 0.25) is 0 Å². The Balaban J connectivity index is 1.80. The number of ether oxygens (including phenoxy) is 4. The van der Waals surface area contributed by atoms with E-state index in [-0.39, 0.29) is 6.10 Å². The molecule has 2 aliphatic rings. The molecular formula is C17H22O5. The maximum absolute atomic E-state index is 10.6. The van der Waals surface area contributed by atoms with E-state index in [4.69, 9.17) is 18.9 Å². The summed E-state index contributed by atoms with van der Waals surface area (Å²) in [6, 6.07) is 9.38. The Kier molecular flexibility index (Phi) is 4.34. The van der Waals surface area contributed by atoms with Crippen molar-refractivity contribution < 1.29 is 24.1 Å². The number of aliphatic hydroxyl groups is 1. The fourth-order valence-electron chi connectivity index (χ4n) is 2.97. The molecule has 5 heteroatoms. The summed E-state index contributed by atoms with van der Waals surface area (Å²) in [5.41, 5.74) is 0.777. The number of aliphatic hydroxyl groups excluding tert-OH is 1. The van der Waals surface area contributed by atoms with Gasteiger partial charge in [0.2, 0.25) is 0 Å². The third-order valence-corrected chi connectivity index (χ3v) is 3.89. The van der Waals surface area contributed by atoms with Gasteiger partial charge in [-0.1, -0.05) is 36.4 Å². The van der Waals surface area contributed by atoms with Crippen LogP contribution >= 0.6 is 0 Å². The largest absolute Gasteiger partial charge is 0.386 e. The van der Waals surface area contributed by atoms with Crippen LogP contribution in [0.3, 0.4) is 0 Å². The van der Waals surface area contributed by atoms with Crippen molar-refractivity contribution in [2.45, 2.75) is 50.3 Å². The first-order valence-corrected chi connectivity index (χ1v) is 7.48. The van der Waals surface area contributed by atoms with E-state index in [9.17, 15) is 5.11 Å². The second-order valence-corrected chi connectivity index (χ2v) is 6.01. The summed E-state index contributed by atoms with van der Waals surface area (Å²) in [4.78, 5) is 0. The van der Waals surface area contributed by atoms with Gasteiger partial charge in [0.05, 0.1) is 6.61 Å². The van der Waals surface area contributed by atoms with Crippen molar-refractivity contribution in [3.63, 3.8) is 0 Å². The molecule has 0 saturated carbocycles. The van der Waals surface area contributed by atoms with Crippen LogP contribution in [0.1, 0.15) is 25.5 Å². The number of rotatable bonds is 5. The summed E-state index contributed by atoms with van der Waals surface area (Å²) in [5, 5.41) is 10.6. The molecule has 0 aliphatic carbocycles. The maximum Gasteiger partial charge on any atom is 0.190 e. The summed E-state index contributed by atoms with van der Waals surface area (Å²) in [6.07, 6.45) is -1.00. The normalized spacial score (nSPS) is 34.3. The molecule has 0 unspecified atom stereocenters. The lowest BCUT2D eigenvalue weighted by molar-refractivity contribution is -0.229. The van der Waals surface area contributed by atoms with E-state index >= 15 is 0 Å². The van der Waals surface area contributed by atoms with Crippen LogP contribution in [-0.2, 0) is 18.9 Å². The smallest absolute Gasteiger partial charge is 0.190 e. The molecule has 2 fully saturated rings. The molecular weight excluding hydrogens is 284 g/mol. The molecule has 5 nitrogen and oxygen atoms in total. The van der Waals surface area contributed by atoms with Gasteiger partial charge in [0.15, 0.2) is 12.1 Å². The van der Waals surface area contributed by atoms with Gasteiger partial charge >= 0.3 is 0 Å². The molecule has 2 aliphatic heterocycles. The Hall–Kier alpha value is -1.24. The van der Waals surface area contributed by atoms with E-state index in [0.29, 0.717) is 6.61 Å². The average molecular weight is 306 g/mol. The topological polar surface area (TPSA) is 57.2 Å². The molecule has 2 heterocycles. The second-order valence-electron chi connectivity index (χ2n) is 6.01. The minimum absolute atomic E-state index is 0.360. The van der Waals surface area contributed by atoms with Gasteiger partial charge in [0.1, 0.15) is 24.4 Å². The molecule has 0 radical (unpaired) electrons. The molecule has 3 rings (SSSR count). The van der Waals surface area contributed by atoms with Crippen LogP contribution < -0.4 is 0 Å². The number of benzene rings is 1. The molecule has 22 heavy (non-hydrogen) atoms. The summed E-state index contributed by atoms with van der Waals surface area (Å²) in [7, 11) is 0. The van der Waals surface area contributed by atoms with Crippen molar-refractivity contribution >= 4 is 0 Å². The Morgan fingerprint density at radius 3 is 2.73 bits per heavy atom. The Bertz CT molecular complexity index is 515. The zero-order valence-corrected chi connectivity index (χ0v) is 12.8. The van der Waals surface area contributed by atoms with E-state index in [0.717, 1.165) is 5.56 Å². The summed E-state index contributed by atoms with van der Waals surface area (Å²) in [6.45, 7) is 7.69. The standard InChI is InChI=1S/C17H22O5/c1-4-10-19-14-13(12(18)11-8-6-5-7-9-11)20-16-15(14)21-17(2,3)22-16/h4-9,12-16,18H,1,10H2,2-3H3/t12-,13+,14+,15-,16-/m1/s1. The van der Waals surface area contributed by atoms with Gasteiger partial charge in [-0.2, -0.15) is 0 Å². The van der Waals surface area contributed by atoms with Crippen molar-refractivity contribution in [1.82, 2.24) is 0 Å². The number of hydrogen-bond acceptors (Lipinski definition) is 5. The van der Waals surface area contributed by atoms with E-state index in [1.807, 2.05) is 44.2 Å². The third kappa shape index (κ3) is 2.95. The van der Waals surface area contributed by atoms with Gasteiger partial charge in [-0.15, -0.1) is 6.58 Å². The maximum atomic E-state index is 10.6. The van der Waals surface area contributed by atoms with Crippen LogP contribution in [-0.4, -0.2) is 42.1 Å². The first-order chi connectivity index (χ1) is 10.5. The molecule has 120 valence electrons. The van der Waals surface area contributed by atoms with Crippen LogP contribution in [0, 0.1) is 0 Å². The van der Waals surface area contributed by atoms with Gasteiger partial charge in [0.25, 0.3) is 0 Å². The molecule has 1 aromatic rings. The lowest BCUT2D eigenvalue weighted by Crippen LogP contribution is -2.39. The number of fused-ring (bicyclic) bond motifs is 1. The summed E-state index contributed by atoms with van der Waals surface area (Å²) in [5.74, 6) is -0.714. The van der Waals surface area contributed by atoms with Gasteiger partial charge in [0, 0.05) is 0 Å². The first-order valence-electron chi connectivity index (χ1n) is 7.48. The van der Waals surface area contributed by atoms with E-state index in [2.05, 4.69) is 6.58 Å². The Labute approximate surface area is 130 Å². The van der Waals surface area contributed by atoms with Gasteiger partial charge < -0.3 is 24.1 Å². The summed E-state index contributed by atoms with van der Waals surface area (Å²) < 4.78 is 23.3. The van der Waals surface area contributed by atoms with Gasteiger partial charge in [-0.3, -0.25) is 0 Å². The molecule has 2 saturated heterocycles. The van der Waals surface area contributed by atoms with Crippen molar-refractivity contribution in [1.29, 1.82) is 0 Å². The molecule has 0 bridgehead atoms. The molecule has 0 amide bonds. The highest BCUT2D eigenvalue weighted by Gasteiger charge is 2.57.